The SMILES string of the molecule is Oc1ccc(Cl)c2c(CCl)csc12. The summed E-state index contributed by atoms with van der Waals surface area (Å²) in [4.78, 5) is 0. The molecule has 68 valence electrons. The van der Waals surface area contributed by atoms with Crippen LogP contribution < -0.4 is 0 Å². The molecule has 1 heterocycles. The molecule has 13 heavy (non-hydrogen) atoms. The number of benzene rings is 1. The summed E-state index contributed by atoms with van der Waals surface area (Å²) in [5, 5.41) is 13.0. The fourth-order valence-electron chi connectivity index (χ4n) is 1.25. The predicted molar refractivity (Wildman–Crippen MR) is 58.1 cm³/mol. The number of rotatable bonds is 1. The first kappa shape index (κ1) is 9.13. The molecule has 0 aliphatic heterocycles. The smallest absolute Gasteiger partial charge is 0.133 e. The van der Waals surface area contributed by atoms with Gasteiger partial charge < -0.3 is 5.11 Å². The predicted octanol–water partition coefficient (Wildman–Crippen LogP) is 4.00. The molecule has 0 fully saturated rings. The molecule has 0 aliphatic rings. The Bertz CT molecular complexity index is 450. The van der Waals surface area contributed by atoms with Gasteiger partial charge in [-0.1, -0.05) is 11.6 Å². The minimum atomic E-state index is 0.265. The molecule has 0 radical (unpaired) electrons. The van der Waals surface area contributed by atoms with E-state index < -0.39 is 0 Å². The molecule has 2 rings (SSSR count). The first-order valence-electron chi connectivity index (χ1n) is 3.67. The summed E-state index contributed by atoms with van der Waals surface area (Å²) in [6.07, 6.45) is 0. The quantitative estimate of drug-likeness (QED) is 0.738. The Labute approximate surface area is 89.5 Å². The van der Waals surface area contributed by atoms with E-state index in [9.17, 15) is 5.11 Å². The molecule has 0 atom stereocenters. The van der Waals surface area contributed by atoms with Gasteiger partial charge in [0, 0.05) is 16.3 Å². The van der Waals surface area contributed by atoms with E-state index in [1.807, 2.05) is 5.38 Å². The largest absolute Gasteiger partial charge is 0.506 e. The number of hydrogen-bond donors (Lipinski definition) is 1. The van der Waals surface area contributed by atoms with Gasteiger partial charge in [-0.05, 0) is 23.1 Å². The van der Waals surface area contributed by atoms with Crippen molar-refractivity contribution in [3.63, 3.8) is 0 Å². The second-order valence-corrected chi connectivity index (χ2v) is 4.22. The van der Waals surface area contributed by atoms with E-state index in [2.05, 4.69) is 0 Å². The van der Waals surface area contributed by atoms with Gasteiger partial charge in [0.15, 0.2) is 0 Å². The topological polar surface area (TPSA) is 20.2 Å². The van der Waals surface area contributed by atoms with Crippen LogP contribution in [0.5, 0.6) is 5.75 Å². The minimum Gasteiger partial charge on any atom is -0.506 e. The number of alkyl halides is 1. The molecule has 0 aliphatic carbocycles. The van der Waals surface area contributed by atoms with E-state index in [-0.39, 0.29) is 5.75 Å². The van der Waals surface area contributed by atoms with Gasteiger partial charge in [0.25, 0.3) is 0 Å². The number of phenols is 1. The van der Waals surface area contributed by atoms with Gasteiger partial charge in [-0.3, -0.25) is 0 Å². The summed E-state index contributed by atoms with van der Waals surface area (Å²) in [7, 11) is 0. The summed E-state index contributed by atoms with van der Waals surface area (Å²) in [6, 6.07) is 3.28. The van der Waals surface area contributed by atoms with Crippen LogP contribution in [-0.2, 0) is 5.88 Å². The van der Waals surface area contributed by atoms with Crippen molar-refractivity contribution in [1.29, 1.82) is 0 Å². The van der Waals surface area contributed by atoms with E-state index in [4.69, 9.17) is 23.2 Å². The van der Waals surface area contributed by atoms with Crippen LogP contribution in [0.15, 0.2) is 17.5 Å². The van der Waals surface area contributed by atoms with Crippen LogP contribution in [0.25, 0.3) is 10.1 Å². The number of fused-ring (bicyclic) bond motifs is 1. The Morgan fingerprint density at radius 1 is 1.38 bits per heavy atom. The fourth-order valence-corrected chi connectivity index (χ4v) is 2.90. The zero-order valence-corrected chi connectivity index (χ0v) is 8.88. The van der Waals surface area contributed by atoms with Gasteiger partial charge in [-0.2, -0.15) is 0 Å². The normalized spacial score (nSPS) is 10.9. The standard InChI is InChI=1S/C9H6Cl2OS/c10-3-5-4-13-9-7(12)2-1-6(11)8(5)9/h1-2,4,12H,3H2. The van der Waals surface area contributed by atoms with Gasteiger partial charge in [0.2, 0.25) is 0 Å². The first-order valence-corrected chi connectivity index (χ1v) is 5.46. The highest BCUT2D eigenvalue weighted by molar-refractivity contribution is 7.18. The lowest BCUT2D eigenvalue weighted by molar-refractivity contribution is 0.482. The number of halogens is 2. The summed E-state index contributed by atoms with van der Waals surface area (Å²) in [5.41, 5.74) is 0.975. The zero-order valence-electron chi connectivity index (χ0n) is 6.55. The van der Waals surface area contributed by atoms with E-state index in [1.54, 1.807) is 12.1 Å². The highest BCUT2D eigenvalue weighted by Crippen LogP contribution is 2.38. The number of aromatic hydroxyl groups is 1. The van der Waals surface area contributed by atoms with Crippen molar-refractivity contribution < 1.29 is 5.11 Å². The maximum absolute atomic E-state index is 9.51. The van der Waals surface area contributed by atoms with Gasteiger partial charge in [-0.15, -0.1) is 22.9 Å². The number of thiophene rings is 1. The maximum atomic E-state index is 9.51. The zero-order chi connectivity index (χ0) is 9.42. The third kappa shape index (κ3) is 1.39. The lowest BCUT2D eigenvalue weighted by Crippen LogP contribution is -1.75. The van der Waals surface area contributed by atoms with Crippen LogP contribution in [0, 0.1) is 0 Å². The van der Waals surface area contributed by atoms with Gasteiger partial charge in [-0.25, -0.2) is 0 Å². The fraction of sp³-hybridized carbons (Fsp3) is 0.111. The maximum Gasteiger partial charge on any atom is 0.133 e. The number of phenolic OH excluding ortho intramolecular Hbond substituents is 1. The Kier molecular flexibility index (Phi) is 2.37. The summed E-state index contributed by atoms with van der Waals surface area (Å²) >= 11 is 13.2. The second kappa shape index (κ2) is 3.37. The Morgan fingerprint density at radius 2 is 2.15 bits per heavy atom. The van der Waals surface area contributed by atoms with Gasteiger partial charge >= 0.3 is 0 Å². The van der Waals surface area contributed by atoms with Crippen LogP contribution in [0.2, 0.25) is 5.02 Å². The monoisotopic (exact) mass is 232 g/mol. The molecule has 1 aromatic carbocycles. The molecule has 1 N–H and O–H groups in total. The van der Waals surface area contributed by atoms with Crippen LogP contribution in [0.3, 0.4) is 0 Å². The van der Waals surface area contributed by atoms with Crippen LogP contribution in [0.1, 0.15) is 5.56 Å². The van der Waals surface area contributed by atoms with Gasteiger partial charge in [0.05, 0.1) is 4.70 Å². The molecular weight excluding hydrogens is 227 g/mol. The van der Waals surface area contributed by atoms with Crippen molar-refractivity contribution in [1.82, 2.24) is 0 Å². The summed E-state index contributed by atoms with van der Waals surface area (Å²) in [5.74, 6) is 0.684. The van der Waals surface area contributed by atoms with E-state index in [1.165, 1.54) is 11.3 Å². The van der Waals surface area contributed by atoms with Gasteiger partial charge in [0.1, 0.15) is 5.75 Å². The Morgan fingerprint density at radius 3 is 2.85 bits per heavy atom. The molecule has 1 aromatic heterocycles. The molecule has 0 amide bonds. The Balaban J connectivity index is 2.87. The van der Waals surface area contributed by atoms with Crippen molar-refractivity contribution in [2.24, 2.45) is 0 Å². The number of hydrogen-bond acceptors (Lipinski definition) is 2. The molecule has 1 nitrogen and oxygen atoms in total. The van der Waals surface area contributed by atoms with Crippen molar-refractivity contribution in [2.75, 3.05) is 0 Å². The molecule has 0 saturated carbocycles. The lowest BCUT2D eigenvalue weighted by atomic mass is 10.2. The average Bonchev–Trinajstić information content (AvgIpc) is 2.56. The van der Waals surface area contributed by atoms with Crippen LogP contribution >= 0.6 is 34.5 Å². The minimum absolute atomic E-state index is 0.265. The molecule has 0 saturated heterocycles. The first-order chi connectivity index (χ1) is 6.24. The third-order valence-corrected chi connectivity index (χ3v) is 3.52. The third-order valence-electron chi connectivity index (χ3n) is 1.87. The second-order valence-electron chi connectivity index (χ2n) is 2.67. The molecule has 0 unspecified atom stereocenters. The van der Waals surface area contributed by atoms with E-state index in [0.717, 1.165) is 15.6 Å². The molecule has 4 heteroatoms. The van der Waals surface area contributed by atoms with Crippen LogP contribution in [0.4, 0.5) is 0 Å². The van der Waals surface area contributed by atoms with Crippen molar-refractivity contribution in [3.8, 4) is 5.75 Å². The Hall–Kier alpha value is -0.440. The summed E-state index contributed by atoms with van der Waals surface area (Å²) in [6.45, 7) is 0. The highest BCUT2D eigenvalue weighted by atomic mass is 35.5. The lowest BCUT2D eigenvalue weighted by Gasteiger charge is -1.98. The molecule has 2 aromatic rings. The summed E-state index contributed by atoms with van der Waals surface area (Å²) < 4.78 is 0.808. The van der Waals surface area contributed by atoms with Crippen molar-refractivity contribution in [3.05, 3.63) is 28.1 Å². The molecular formula is C9H6Cl2OS. The van der Waals surface area contributed by atoms with Crippen LogP contribution in [-0.4, -0.2) is 5.11 Å². The van der Waals surface area contributed by atoms with Crippen molar-refractivity contribution in [2.45, 2.75) is 5.88 Å². The molecule has 0 bridgehead atoms. The average molecular weight is 233 g/mol. The van der Waals surface area contributed by atoms with E-state index >= 15 is 0 Å². The molecule has 0 spiro atoms. The van der Waals surface area contributed by atoms with E-state index in [0.29, 0.717) is 10.9 Å². The van der Waals surface area contributed by atoms with Crippen molar-refractivity contribution >= 4 is 44.6 Å². The highest BCUT2D eigenvalue weighted by Gasteiger charge is 2.09.